The Morgan fingerprint density at radius 2 is 1.71 bits per heavy atom. The number of halogens is 1. The third kappa shape index (κ3) is 6.56. The molecule has 4 rings (SSSR count). The molecular weight excluding hydrogens is 441 g/mol. The number of rotatable bonds is 11. The fourth-order valence-corrected chi connectivity index (χ4v) is 4.32. The normalized spacial score (nSPS) is 12.1. The minimum Gasteiger partial charge on any atom is -0.439 e. The number of aliphatic hydroxyl groups excluding tert-OH is 1. The van der Waals surface area contributed by atoms with Crippen molar-refractivity contribution in [3.05, 3.63) is 102 Å². The lowest BCUT2D eigenvalue weighted by atomic mass is 10.1. The van der Waals surface area contributed by atoms with Crippen LogP contribution in [0.1, 0.15) is 24.5 Å². The molecule has 6 heteroatoms. The van der Waals surface area contributed by atoms with Crippen LogP contribution in [-0.4, -0.2) is 39.0 Å². The van der Waals surface area contributed by atoms with Crippen LogP contribution in [0.3, 0.4) is 0 Å². The van der Waals surface area contributed by atoms with Gasteiger partial charge in [0.1, 0.15) is 17.3 Å². The molecule has 0 radical (unpaired) electrons. The molecule has 0 unspecified atom stereocenters. The Labute approximate surface area is 206 Å². The number of ether oxygens (including phenoxy) is 1. The summed E-state index contributed by atoms with van der Waals surface area (Å²) in [5.41, 5.74) is 3.81. The van der Waals surface area contributed by atoms with Gasteiger partial charge in [-0.25, -0.2) is 9.07 Å². The highest BCUT2D eigenvalue weighted by Crippen LogP contribution is 2.34. The van der Waals surface area contributed by atoms with Gasteiger partial charge in [0.25, 0.3) is 0 Å². The first-order chi connectivity index (χ1) is 17.0. The van der Waals surface area contributed by atoms with Gasteiger partial charge in [-0.3, -0.25) is 4.90 Å². The highest BCUT2D eigenvalue weighted by molar-refractivity contribution is 5.65. The number of benzene rings is 3. The first-order valence-electron chi connectivity index (χ1n) is 12.0. The van der Waals surface area contributed by atoms with Gasteiger partial charge in [-0.2, -0.15) is 5.10 Å². The number of aromatic nitrogens is 2. The zero-order chi connectivity index (χ0) is 24.6. The highest BCUT2D eigenvalue weighted by Gasteiger charge is 2.23. The molecule has 0 spiro atoms. The Kier molecular flexibility index (Phi) is 8.29. The fourth-order valence-electron chi connectivity index (χ4n) is 4.32. The molecule has 0 saturated carbocycles. The van der Waals surface area contributed by atoms with Crippen LogP contribution in [-0.2, 0) is 20.0 Å². The molecule has 0 aliphatic rings. The van der Waals surface area contributed by atoms with Crippen LogP contribution in [0.15, 0.2) is 84.9 Å². The predicted octanol–water partition coefficient (Wildman–Crippen LogP) is 5.83. The number of hydrogen-bond donors (Lipinski definition) is 1. The van der Waals surface area contributed by atoms with Crippen LogP contribution in [0.4, 0.5) is 4.39 Å². The van der Waals surface area contributed by atoms with Crippen LogP contribution in [0.2, 0.25) is 0 Å². The summed E-state index contributed by atoms with van der Waals surface area (Å²) in [6.07, 6.45) is 1.03. The summed E-state index contributed by atoms with van der Waals surface area (Å²) < 4.78 is 21.7. The van der Waals surface area contributed by atoms with Gasteiger partial charge in [0.05, 0.1) is 11.7 Å². The van der Waals surface area contributed by atoms with Crippen molar-refractivity contribution in [1.29, 1.82) is 0 Å². The lowest BCUT2D eigenvalue weighted by Gasteiger charge is -2.25. The van der Waals surface area contributed by atoms with E-state index in [2.05, 4.69) is 11.8 Å². The van der Waals surface area contributed by atoms with E-state index < -0.39 is 6.10 Å². The zero-order valence-corrected chi connectivity index (χ0v) is 20.3. The lowest BCUT2D eigenvalue weighted by Crippen LogP contribution is -2.34. The van der Waals surface area contributed by atoms with Crippen molar-refractivity contribution < 1.29 is 14.2 Å². The Bertz CT molecular complexity index is 1210. The Hall–Kier alpha value is -3.48. The van der Waals surface area contributed by atoms with Crippen molar-refractivity contribution in [3.8, 4) is 22.9 Å². The van der Waals surface area contributed by atoms with Crippen molar-refractivity contribution in [2.45, 2.75) is 32.4 Å². The van der Waals surface area contributed by atoms with Gasteiger partial charge >= 0.3 is 0 Å². The number of nitrogens with zero attached hydrogens (tertiary/aromatic N) is 3. The van der Waals surface area contributed by atoms with E-state index in [1.165, 1.54) is 12.1 Å². The fraction of sp³-hybridized carbons (Fsp3) is 0.276. The molecular formula is C29H32FN3O2. The van der Waals surface area contributed by atoms with Gasteiger partial charge in [-0.1, -0.05) is 73.7 Å². The molecule has 0 aliphatic heterocycles. The van der Waals surface area contributed by atoms with Crippen molar-refractivity contribution in [1.82, 2.24) is 14.7 Å². The molecule has 5 nitrogen and oxygen atoms in total. The van der Waals surface area contributed by atoms with Crippen molar-refractivity contribution >= 4 is 0 Å². The summed E-state index contributed by atoms with van der Waals surface area (Å²) in [5.74, 6) is 0.624. The maximum Gasteiger partial charge on any atom is 0.222 e. The van der Waals surface area contributed by atoms with E-state index >= 15 is 0 Å². The molecule has 4 aromatic rings. The van der Waals surface area contributed by atoms with E-state index in [-0.39, 0.29) is 5.82 Å². The van der Waals surface area contributed by atoms with Crippen LogP contribution in [0.25, 0.3) is 11.3 Å². The van der Waals surface area contributed by atoms with Crippen molar-refractivity contribution in [2.24, 2.45) is 7.05 Å². The molecule has 1 atom stereocenters. The maximum atomic E-state index is 13.8. The second kappa shape index (κ2) is 11.8. The lowest BCUT2D eigenvalue weighted by molar-refractivity contribution is 0.108. The monoisotopic (exact) mass is 473 g/mol. The Morgan fingerprint density at radius 3 is 2.40 bits per heavy atom. The highest BCUT2D eigenvalue weighted by atomic mass is 19.1. The first kappa shape index (κ1) is 24.6. The summed E-state index contributed by atoms with van der Waals surface area (Å²) in [7, 11) is 1.83. The van der Waals surface area contributed by atoms with E-state index in [4.69, 9.17) is 9.84 Å². The SMILES string of the molecule is CCCN(Cc1c(-c2ccccc2)nn(C)c1Oc1cccc(F)c1)C[C@@H](O)Cc1ccccc1. The smallest absolute Gasteiger partial charge is 0.222 e. The third-order valence-corrected chi connectivity index (χ3v) is 5.85. The van der Waals surface area contributed by atoms with Crippen molar-refractivity contribution in [3.63, 3.8) is 0 Å². The number of aryl methyl sites for hydroxylation is 1. The molecule has 3 aromatic carbocycles. The second-order valence-corrected chi connectivity index (χ2v) is 8.76. The molecule has 0 amide bonds. The quantitative estimate of drug-likeness (QED) is 0.298. The molecule has 182 valence electrons. The molecule has 35 heavy (non-hydrogen) atoms. The molecule has 1 aromatic heterocycles. The summed E-state index contributed by atoms with van der Waals surface area (Å²) in [6.45, 7) is 4.00. The minimum atomic E-state index is -0.506. The average molecular weight is 474 g/mol. The zero-order valence-electron chi connectivity index (χ0n) is 20.3. The van der Waals surface area contributed by atoms with E-state index in [1.807, 2.05) is 67.7 Å². The minimum absolute atomic E-state index is 0.355. The van der Waals surface area contributed by atoms with Crippen LogP contribution < -0.4 is 4.74 Å². The third-order valence-electron chi connectivity index (χ3n) is 5.85. The van der Waals surface area contributed by atoms with E-state index in [0.29, 0.717) is 31.1 Å². The number of hydrogen-bond acceptors (Lipinski definition) is 4. The molecule has 0 fully saturated rings. The standard InChI is InChI=1S/C29H32FN3O2/c1-3-17-33(20-25(34)18-22-11-6-4-7-12-22)21-27-28(23-13-8-5-9-14-23)31-32(2)29(27)35-26-16-10-15-24(30)19-26/h4-16,19,25,34H,3,17-18,20-21H2,1-2H3/t25-/m0/s1. The van der Waals surface area contributed by atoms with Gasteiger partial charge < -0.3 is 9.84 Å². The number of aliphatic hydroxyl groups is 1. The van der Waals surface area contributed by atoms with Gasteiger partial charge in [-0.15, -0.1) is 0 Å². The molecule has 1 heterocycles. The predicted molar refractivity (Wildman–Crippen MR) is 137 cm³/mol. The van der Waals surface area contributed by atoms with Gasteiger partial charge in [0, 0.05) is 31.8 Å². The largest absolute Gasteiger partial charge is 0.439 e. The summed E-state index contributed by atoms with van der Waals surface area (Å²) in [4.78, 5) is 2.23. The van der Waals surface area contributed by atoms with Crippen LogP contribution in [0, 0.1) is 5.82 Å². The first-order valence-corrected chi connectivity index (χ1v) is 12.0. The van der Waals surface area contributed by atoms with Crippen molar-refractivity contribution in [2.75, 3.05) is 13.1 Å². The molecule has 1 N–H and O–H groups in total. The second-order valence-electron chi connectivity index (χ2n) is 8.76. The molecule has 0 bridgehead atoms. The Balaban J connectivity index is 1.64. The van der Waals surface area contributed by atoms with E-state index in [1.54, 1.807) is 16.8 Å². The van der Waals surface area contributed by atoms with Gasteiger partial charge in [-0.05, 0) is 37.1 Å². The average Bonchev–Trinajstić information content (AvgIpc) is 3.15. The maximum absolute atomic E-state index is 13.8. The Morgan fingerprint density at radius 1 is 1.00 bits per heavy atom. The van der Waals surface area contributed by atoms with Crippen LogP contribution in [0.5, 0.6) is 11.6 Å². The molecule has 0 aliphatic carbocycles. The van der Waals surface area contributed by atoms with E-state index in [9.17, 15) is 9.50 Å². The van der Waals surface area contributed by atoms with E-state index in [0.717, 1.165) is 35.3 Å². The molecule has 0 saturated heterocycles. The summed E-state index contributed by atoms with van der Waals surface area (Å²) in [6, 6.07) is 26.1. The van der Waals surface area contributed by atoms with Gasteiger partial charge in [0.2, 0.25) is 5.88 Å². The summed E-state index contributed by atoms with van der Waals surface area (Å²) >= 11 is 0. The van der Waals surface area contributed by atoms with Crippen LogP contribution >= 0.6 is 0 Å². The summed E-state index contributed by atoms with van der Waals surface area (Å²) in [5, 5.41) is 15.6. The van der Waals surface area contributed by atoms with Gasteiger partial charge in [0.15, 0.2) is 0 Å². The topological polar surface area (TPSA) is 50.5 Å².